The fourth-order valence-electron chi connectivity index (χ4n) is 1.61. The third kappa shape index (κ3) is 1.65. The lowest BCUT2D eigenvalue weighted by Crippen LogP contribution is -2.43. The summed E-state index contributed by atoms with van der Waals surface area (Å²) in [5.41, 5.74) is 5.57. The zero-order valence-electron chi connectivity index (χ0n) is 8.22. The van der Waals surface area contributed by atoms with Gasteiger partial charge >= 0.3 is 0 Å². The van der Waals surface area contributed by atoms with Gasteiger partial charge in [-0.05, 0) is 24.6 Å². The Morgan fingerprint density at radius 2 is 2.13 bits per heavy atom. The molecule has 2 rings (SSSR count). The zero-order valence-corrected chi connectivity index (χ0v) is 8.22. The predicted molar refractivity (Wildman–Crippen MR) is 53.3 cm³/mol. The molecule has 0 saturated heterocycles. The van der Waals surface area contributed by atoms with Crippen LogP contribution < -0.4 is 11.1 Å². The van der Waals surface area contributed by atoms with Gasteiger partial charge in [-0.2, -0.15) is 0 Å². The molecule has 0 radical (unpaired) electrons. The second kappa shape index (κ2) is 3.18. The summed E-state index contributed by atoms with van der Waals surface area (Å²) in [6.07, 6.45) is 0. The molecule has 0 spiro atoms. The Morgan fingerprint density at radius 1 is 1.40 bits per heavy atom. The Kier molecular flexibility index (Phi) is 2.10. The molecule has 15 heavy (non-hydrogen) atoms. The molecule has 3 N–H and O–H groups in total. The summed E-state index contributed by atoms with van der Waals surface area (Å²) >= 11 is 0. The number of halogens is 2. The molecule has 1 aliphatic rings. The summed E-state index contributed by atoms with van der Waals surface area (Å²) in [6.45, 7) is 2.26. The van der Waals surface area contributed by atoms with E-state index in [1.807, 2.05) is 6.92 Å². The number of nitrogens with zero attached hydrogens (tertiary/aromatic N) is 1. The number of hydrogen-bond acceptors (Lipinski definition) is 3. The number of hydrogen-bond donors (Lipinski definition) is 2. The molecule has 1 atom stereocenters. The first-order valence-electron chi connectivity index (χ1n) is 4.55. The molecule has 5 heteroatoms. The summed E-state index contributed by atoms with van der Waals surface area (Å²) in [5.74, 6) is -1.39. The molecule has 80 valence electrons. The van der Waals surface area contributed by atoms with Crippen molar-refractivity contribution < 1.29 is 8.78 Å². The van der Waals surface area contributed by atoms with E-state index in [-0.39, 0.29) is 0 Å². The molecule has 1 heterocycles. The molecule has 0 aliphatic carbocycles. The van der Waals surface area contributed by atoms with Crippen LogP contribution in [0.2, 0.25) is 0 Å². The van der Waals surface area contributed by atoms with E-state index in [9.17, 15) is 8.78 Å². The molecule has 0 saturated carbocycles. The average Bonchev–Trinajstić information content (AvgIpc) is 2.52. The summed E-state index contributed by atoms with van der Waals surface area (Å²) in [6, 6.07) is 3.79. The van der Waals surface area contributed by atoms with Gasteiger partial charge in [0.25, 0.3) is 0 Å². The van der Waals surface area contributed by atoms with Crippen LogP contribution in [-0.4, -0.2) is 12.5 Å². The maximum absolute atomic E-state index is 13.0. The highest BCUT2D eigenvalue weighted by Gasteiger charge is 2.31. The number of guanidine groups is 1. The van der Waals surface area contributed by atoms with Crippen molar-refractivity contribution in [3.05, 3.63) is 35.4 Å². The molecule has 0 bridgehead atoms. The Hall–Kier alpha value is -1.65. The summed E-state index contributed by atoms with van der Waals surface area (Å²) < 4.78 is 25.8. The number of nitrogens with one attached hydrogen (secondary N) is 1. The molecule has 1 aliphatic heterocycles. The van der Waals surface area contributed by atoms with Crippen molar-refractivity contribution in [1.29, 1.82) is 0 Å². The van der Waals surface area contributed by atoms with Crippen LogP contribution in [0, 0.1) is 11.6 Å². The van der Waals surface area contributed by atoms with Crippen molar-refractivity contribution in [2.75, 3.05) is 6.54 Å². The van der Waals surface area contributed by atoms with Crippen LogP contribution in [-0.2, 0) is 5.54 Å². The number of benzene rings is 1. The standard InChI is InChI=1S/C10H11F2N3/c1-10(5-14-9(13)15-10)6-2-3-7(11)8(12)4-6/h2-4H,5H2,1H3,(H3,13,14,15). The quantitative estimate of drug-likeness (QED) is 0.730. The molecule has 1 aromatic carbocycles. The van der Waals surface area contributed by atoms with E-state index in [2.05, 4.69) is 10.3 Å². The summed E-state index contributed by atoms with van der Waals surface area (Å²) in [7, 11) is 0. The third-order valence-corrected chi connectivity index (χ3v) is 2.53. The zero-order chi connectivity index (χ0) is 11.1. The van der Waals surface area contributed by atoms with Gasteiger partial charge in [-0.25, -0.2) is 8.78 Å². The molecular weight excluding hydrogens is 200 g/mol. The number of nitrogens with two attached hydrogens (primary N) is 1. The lowest BCUT2D eigenvalue weighted by Gasteiger charge is -2.24. The van der Waals surface area contributed by atoms with Crippen molar-refractivity contribution in [3.63, 3.8) is 0 Å². The monoisotopic (exact) mass is 211 g/mol. The lowest BCUT2D eigenvalue weighted by atomic mass is 9.93. The largest absolute Gasteiger partial charge is 0.370 e. The average molecular weight is 211 g/mol. The van der Waals surface area contributed by atoms with Gasteiger partial charge in [0.2, 0.25) is 0 Å². The predicted octanol–water partition coefficient (Wildman–Crippen LogP) is 1.10. The van der Waals surface area contributed by atoms with Gasteiger partial charge in [-0.3, -0.25) is 4.99 Å². The van der Waals surface area contributed by atoms with E-state index in [1.54, 1.807) is 0 Å². The van der Waals surface area contributed by atoms with Crippen LogP contribution in [0.3, 0.4) is 0 Å². The van der Waals surface area contributed by atoms with Crippen LogP contribution in [0.15, 0.2) is 23.2 Å². The Bertz CT molecular complexity index is 431. The highest BCUT2D eigenvalue weighted by Crippen LogP contribution is 2.25. The minimum Gasteiger partial charge on any atom is -0.370 e. The van der Waals surface area contributed by atoms with Crippen molar-refractivity contribution in [1.82, 2.24) is 5.32 Å². The first-order valence-corrected chi connectivity index (χ1v) is 4.55. The Labute approximate surface area is 86.0 Å². The van der Waals surface area contributed by atoms with Gasteiger partial charge in [0.05, 0.1) is 12.1 Å². The lowest BCUT2D eigenvalue weighted by molar-refractivity contribution is 0.463. The molecule has 1 unspecified atom stereocenters. The fourth-order valence-corrected chi connectivity index (χ4v) is 1.61. The van der Waals surface area contributed by atoms with E-state index in [4.69, 9.17) is 5.73 Å². The minimum absolute atomic E-state index is 0.322. The maximum Gasteiger partial charge on any atom is 0.189 e. The van der Waals surface area contributed by atoms with Gasteiger partial charge in [-0.1, -0.05) is 6.07 Å². The Morgan fingerprint density at radius 3 is 2.67 bits per heavy atom. The van der Waals surface area contributed by atoms with Crippen molar-refractivity contribution >= 4 is 5.96 Å². The van der Waals surface area contributed by atoms with Crippen LogP contribution in [0.1, 0.15) is 12.5 Å². The second-order valence-electron chi connectivity index (χ2n) is 3.79. The molecule has 0 fully saturated rings. The highest BCUT2D eigenvalue weighted by molar-refractivity contribution is 5.81. The van der Waals surface area contributed by atoms with Gasteiger partial charge in [0, 0.05) is 0 Å². The molecular formula is C10H11F2N3. The van der Waals surface area contributed by atoms with Crippen LogP contribution in [0.5, 0.6) is 0 Å². The van der Waals surface area contributed by atoms with E-state index in [1.165, 1.54) is 6.07 Å². The van der Waals surface area contributed by atoms with Gasteiger partial charge in [0.15, 0.2) is 17.6 Å². The van der Waals surface area contributed by atoms with E-state index in [0.717, 1.165) is 12.1 Å². The molecule has 1 aromatic rings. The fraction of sp³-hybridized carbons (Fsp3) is 0.300. The Balaban J connectivity index is 2.34. The first kappa shape index (κ1) is 9.89. The summed E-state index contributed by atoms with van der Waals surface area (Å²) in [4.78, 5) is 3.98. The van der Waals surface area contributed by atoms with Crippen LogP contribution in [0.25, 0.3) is 0 Å². The number of aliphatic imine (C=N–C) groups is 1. The third-order valence-electron chi connectivity index (χ3n) is 2.53. The second-order valence-corrected chi connectivity index (χ2v) is 3.79. The van der Waals surface area contributed by atoms with Crippen molar-refractivity contribution in [3.8, 4) is 0 Å². The maximum atomic E-state index is 13.0. The smallest absolute Gasteiger partial charge is 0.189 e. The van der Waals surface area contributed by atoms with Crippen LogP contribution in [0.4, 0.5) is 8.78 Å². The summed E-state index contributed by atoms with van der Waals surface area (Å²) in [5, 5.41) is 2.93. The normalized spacial score (nSPS) is 24.9. The van der Waals surface area contributed by atoms with Crippen LogP contribution >= 0.6 is 0 Å². The van der Waals surface area contributed by atoms with Gasteiger partial charge in [0.1, 0.15) is 0 Å². The van der Waals surface area contributed by atoms with E-state index >= 15 is 0 Å². The first-order chi connectivity index (χ1) is 7.01. The van der Waals surface area contributed by atoms with E-state index < -0.39 is 17.2 Å². The van der Waals surface area contributed by atoms with Crippen molar-refractivity contribution in [2.24, 2.45) is 10.7 Å². The number of rotatable bonds is 1. The molecule has 0 aromatic heterocycles. The van der Waals surface area contributed by atoms with Crippen molar-refractivity contribution in [2.45, 2.75) is 12.5 Å². The molecule has 3 nitrogen and oxygen atoms in total. The minimum atomic E-state index is -0.860. The van der Waals surface area contributed by atoms with Gasteiger partial charge < -0.3 is 11.1 Å². The van der Waals surface area contributed by atoms with Gasteiger partial charge in [-0.15, -0.1) is 0 Å². The highest BCUT2D eigenvalue weighted by atomic mass is 19.2. The topological polar surface area (TPSA) is 50.4 Å². The van der Waals surface area contributed by atoms with E-state index in [0.29, 0.717) is 18.1 Å². The SMILES string of the molecule is CC1(c2ccc(F)c(F)c2)CN=C(N)N1. The molecule has 0 amide bonds.